The van der Waals surface area contributed by atoms with Gasteiger partial charge < -0.3 is 10.1 Å². The van der Waals surface area contributed by atoms with Gasteiger partial charge in [0.2, 0.25) is 0 Å². The Balaban J connectivity index is 2.11. The number of hydrogen-bond acceptors (Lipinski definition) is 4. The van der Waals surface area contributed by atoms with Crippen LogP contribution in [0.2, 0.25) is 0 Å². The van der Waals surface area contributed by atoms with E-state index in [1.54, 1.807) is 38.1 Å². The number of carbonyl (C=O) groups is 1. The Morgan fingerprint density at radius 2 is 1.93 bits per heavy atom. The van der Waals surface area contributed by atoms with Gasteiger partial charge in [0.05, 0.1) is 18.3 Å². The van der Waals surface area contributed by atoms with Crippen LogP contribution in [0.5, 0.6) is 5.75 Å². The molecule has 0 spiro atoms. The summed E-state index contributed by atoms with van der Waals surface area (Å²) in [5.41, 5.74) is -1.77. The van der Waals surface area contributed by atoms with E-state index in [9.17, 15) is 18.0 Å². The second-order valence-corrected chi connectivity index (χ2v) is 6.84. The molecular formula is C21H19F3N4O2. The van der Waals surface area contributed by atoms with Crippen LogP contribution in [0.15, 0.2) is 36.4 Å². The van der Waals surface area contributed by atoms with Gasteiger partial charge in [-0.2, -0.15) is 18.3 Å². The van der Waals surface area contributed by atoms with E-state index in [0.717, 1.165) is 6.07 Å². The first kappa shape index (κ1) is 21.2. The normalized spacial score (nSPS) is 13.5. The summed E-state index contributed by atoms with van der Waals surface area (Å²) in [6.07, 6.45) is 1.18. The number of alkyl halides is 3. The number of benzene rings is 1. The number of nitrogens with zero attached hydrogens (tertiary/aromatic N) is 3. The third kappa shape index (κ3) is 4.08. The van der Waals surface area contributed by atoms with Crippen molar-refractivity contribution in [2.45, 2.75) is 32.0 Å². The molecule has 1 atom stereocenters. The SMILES string of the molecule is C#CC(C)(CC)NC(=O)c1cc2nc(-c3ccc(OC)cc3)cc(C(F)(F)F)n2n1. The number of terminal acetylenes is 1. The number of aromatic nitrogens is 3. The molecule has 1 aromatic carbocycles. The van der Waals surface area contributed by atoms with Gasteiger partial charge in [-0.25, -0.2) is 9.50 Å². The van der Waals surface area contributed by atoms with Crippen molar-refractivity contribution < 1.29 is 22.7 Å². The Kier molecular flexibility index (Phi) is 5.44. The number of nitrogens with one attached hydrogen (secondary N) is 1. The lowest BCUT2D eigenvalue weighted by Crippen LogP contribution is -2.44. The van der Waals surface area contributed by atoms with E-state index >= 15 is 0 Å². The van der Waals surface area contributed by atoms with E-state index in [4.69, 9.17) is 11.2 Å². The van der Waals surface area contributed by atoms with Crippen LogP contribution in [0.25, 0.3) is 16.9 Å². The molecule has 156 valence electrons. The third-order valence-corrected chi connectivity index (χ3v) is 4.75. The van der Waals surface area contributed by atoms with Gasteiger partial charge in [0.15, 0.2) is 17.0 Å². The van der Waals surface area contributed by atoms with Crippen molar-refractivity contribution in [2.75, 3.05) is 7.11 Å². The minimum Gasteiger partial charge on any atom is -0.497 e. The standard InChI is InChI=1S/C21H19F3N4O2/c1-5-20(3,6-2)26-19(29)16-12-18-25-15(13-7-9-14(30-4)10-8-13)11-17(21(22,23)24)28(18)27-16/h1,7-12H,6H2,2-4H3,(H,26,29). The van der Waals surface area contributed by atoms with E-state index in [1.165, 1.54) is 13.2 Å². The monoisotopic (exact) mass is 416 g/mol. The smallest absolute Gasteiger partial charge is 0.433 e. The Labute approximate surface area is 171 Å². The number of halogens is 3. The predicted octanol–water partition coefficient (Wildman–Crippen LogP) is 3.96. The molecule has 6 nitrogen and oxygen atoms in total. The maximum absolute atomic E-state index is 13.7. The molecule has 0 fully saturated rings. The summed E-state index contributed by atoms with van der Waals surface area (Å²) in [4.78, 5) is 16.8. The Bertz CT molecular complexity index is 1130. The summed E-state index contributed by atoms with van der Waals surface area (Å²) in [6, 6.07) is 8.53. The molecule has 0 aliphatic heterocycles. The van der Waals surface area contributed by atoms with Crippen molar-refractivity contribution in [3.8, 4) is 29.4 Å². The van der Waals surface area contributed by atoms with E-state index in [-0.39, 0.29) is 17.0 Å². The molecule has 0 saturated heterocycles. The molecule has 30 heavy (non-hydrogen) atoms. The van der Waals surface area contributed by atoms with Gasteiger partial charge in [-0.3, -0.25) is 4.79 Å². The number of rotatable bonds is 5. The quantitative estimate of drug-likeness (QED) is 0.640. The van der Waals surface area contributed by atoms with Crippen LogP contribution >= 0.6 is 0 Å². The maximum Gasteiger partial charge on any atom is 0.433 e. The zero-order valence-corrected chi connectivity index (χ0v) is 16.5. The highest BCUT2D eigenvalue weighted by molar-refractivity contribution is 5.94. The van der Waals surface area contributed by atoms with Gasteiger partial charge in [0.25, 0.3) is 5.91 Å². The average molecular weight is 416 g/mol. The first-order valence-corrected chi connectivity index (χ1v) is 9.03. The second-order valence-electron chi connectivity index (χ2n) is 6.84. The van der Waals surface area contributed by atoms with E-state index < -0.39 is 23.3 Å². The number of methoxy groups -OCH3 is 1. The molecule has 0 bridgehead atoms. The minimum atomic E-state index is -4.71. The lowest BCUT2D eigenvalue weighted by atomic mass is 10.0. The van der Waals surface area contributed by atoms with Crippen molar-refractivity contribution in [1.29, 1.82) is 0 Å². The summed E-state index contributed by atoms with van der Waals surface area (Å²) < 4.78 is 46.7. The highest BCUT2D eigenvalue weighted by Crippen LogP contribution is 2.32. The third-order valence-electron chi connectivity index (χ3n) is 4.75. The topological polar surface area (TPSA) is 68.5 Å². The molecule has 2 heterocycles. The Hall–Kier alpha value is -3.54. The largest absolute Gasteiger partial charge is 0.497 e. The van der Waals surface area contributed by atoms with Gasteiger partial charge >= 0.3 is 6.18 Å². The zero-order chi connectivity index (χ0) is 22.1. The zero-order valence-electron chi connectivity index (χ0n) is 16.5. The molecule has 0 radical (unpaired) electrons. The molecule has 3 aromatic rings. The van der Waals surface area contributed by atoms with Gasteiger partial charge in [0.1, 0.15) is 5.75 Å². The van der Waals surface area contributed by atoms with Crippen molar-refractivity contribution in [1.82, 2.24) is 19.9 Å². The van der Waals surface area contributed by atoms with Crippen LogP contribution in [0.4, 0.5) is 13.2 Å². The first-order chi connectivity index (χ1) is 14.1. The lowest BCUT2D eigenvalue weighted by Gasteiger charge is -2.22. The first-order valence-electron chi connectivity index (χ1n) is 9.03. The fourth-order valence-corrected chi connectivity index (χ4v) is 2.74. The molecule has 2 aromatic heterocycles. The molecule has 1 amide bonds. The molecule has 0 saturated carbocycles. The molecular weight excluding hydrogens is 397 g/mol. The van der Waals surface area contributed by atoms with Crippen LogP contribution in [0, 0.1) is 12.3 Å². The number of ether oxygens (including phenoxy) is 1. The molecule has 1 N–H and O–H groups in total. The van der Waals surface area contributed by atoms with Gasteiger partial charge in [-0.15, -0.1) is 6.42 Å². The minimum absolute atomic E-state index is 0.0892. The summed E-state index contributed by atoms with van der Waals surface area (Å²) in [6.45, 7) is 3.43. The van der Waals surface area contributed by atoms with Crippen molar-refractivity contribution in [3.63, 3.8) is 0 Å². The fraction of sp³-hybridized carbons (Fsp3) is 0.286. The molecule has 1 unspecified atom stereocenters. The Morgan fingerprint density at radius 3 is 2.47 bits per heavy atom. The summed E-state index contributed by atoms with van der Waals surface area (Å²) >= 11 is 0. The number of carbonyl (C=O) groups excluding carboxylic acids is 1. The number of hydrogen-bond donors (Lipinski definition) is 1. The van der Waals surface area contributed by atoms with Crippen LogP contribution < -0.4 is 10.1 Å². The highest BCUT2D eigenvalue weighted by atomic mass is 19.4. The van der Waals surface area contributed by atoms with Crippen LogP contribution in [0.3, 0.4) is 0 Å². The van der Waals surface area contributed by atoms with E-state index in [2.05, 4.69) is 21.3 Å². The van der Waals surface area contributed by atoms with Gasteiger partial charge in [-0.1, -0.05) is 12.8 Å². The van der Waals surface area contributed by atoms with Crippen LogP contribution in [-0.2, 0) is 6.18 Å². The van der Waals surface area contributed by atoms with Crippen molar-refractivity contribution in [3.05, 3.63) is 47.8 Å². The molecule has 0 aliphatic carbocycles. The molecule has 3 rings (SSSR count). The molecule has 9 heteroatoms. The average Bonchev–Trinajstić information content (AvgIpc) is 3.16. The van der Waals surface area contributed by atoms with Crippen LogP contribution in [-0.4, -0.2) is 33.2 Å². The Morgan fingerprint density at radius 1 is 1.27 bits per heavy atom. The van der Waals surface area contributed by atoms with Crippen molar-refractivity contribution >= 4 is 11.6 Å². The number of fused-ring (bicyclic) bond motifs is 1. The lowest BCUT2D eigenvalue weighted by molar-refractivity contribution is -0.142. The molecule has 0 aliphatic rings. The van der Waals surface area contributed by atoms with Gasteiger partial charge in [-0.05, 0) is 43.7 Å². The summed E-state index contributed by atoms with van der Waals surface area (Å²) in [7, 11) is 1.49. The second kappa shape index (κ2) is 7.71. The summed E-state index contributed by atoms with van der Waals surface area (Å²) in [5.74, 6) is 2.35. The predicted molar refractivity (Wildman–Crippen MR) is 105 cm³/mol. The van der Waals surface area contributed by atoms with Gasteiger partial charge in [0, 0.05) is 11.6 Å². The maximum atomic E-state index is 13.7. The highest BCUT2D eigenvalue weighted by Gasteiger charge is 2.36. The van der Waals surface area contributed by atoms with Crippen molar-refractivity contribution in [2.24, 2.45) is 0 Å². The van der Waals surface area contributed by atoms with E-state index in [1.807, 2.05) is 0 Å². The number of amides is 1. The summed E-state index contributed by atoms with van der Waals surface area (Å²) in [5, 5.41) is 6.44. The van der Waals surface area contributed by atoms with E-state index in [0.29, 0.717) is 22.2 Å². The fourth-order valence-electron chi connectivity index (χ4n) is 2.74. The van der Waals surface area contributed by atoms with Crippen LogP contribution in [0.1, 0.15) is 36.5 Å².